The summed E-state index contributed by atoms with van der Waals surface area (Å²) in [4.78, 5) is 11.6. The van der Waals surface area contributed by atoms with Gasteiger partial charge in [-0.2, -0.15) is 13.2 Å². The summed E-state index contributed by atoms with van der Waals surface area (Å²) in [7, 11) is 0. The highest BCUT2D eigenvalue weighted by Gasteiger charge is 2.34. The van der Waals surface area contributed by atoms with E-state index in [1.807, 2.05) is 0 Å². The SMILES string of the molecule is C=CCC(N)C(=O)Nc1ccc(Br)cc1C(F)(F)F. The van der Waals surface area contributed by atoms with Gasteiger partial charge in [0.1, 0.15) is 0 Å². The van der Waals surface area contributed by atoms with Gasteiger partial charge in [-0.15, -0.1) is 6.58 Å². The van der Waals surface area contributed by atoms with Gasteiger partial charge in [0.2, 0.25) is 5.91 Å². The Hall–Kier alpha value is -1.34. The molecule has 0 aliphatic rings. The number of rotatable bonds is 4. The van der Waals surface area contributed by atoms with Gasteiger partial charge in [0.05, 0.1) is 17.3 Å². The number of nitrogens with two attached hydrogens (primary N) is 1. The Balaban J connectivity index is 3.01. The van der Waals surface area contributed by atoms with Crippen LogP contribution in [0.2, 0.25) is 0 Å². The van der Waals surface area contributed by atoms with Gasteiger partial charge in [0.15, 0.2) is 0 Å². The van der Waals surface area contributed by atoms with Crippen molar-refractivity contribution in [1.82, 2.24) is 0 Å². The molecule has 0 aromatic heterocycles. The Bertz CT molecular complexity index is 488. The van der Waals surface area contributed by atoms with Crippen LogP contribution in [0.3, 0.4) is 0 Å². The number of anilines is 1. The summed E-state index contributed by atoms with van der Waals surface area (Å²) < 4.78 is 38.7. The zero-order valence-electron chi connectivity index (χ0n) is 9.80. The third-order valence-electron chi connectivity index (χ3n) is 2.30. The zero-order chi connectivity index (χ0) is 14.6. The summed E-state index contributed by atoms with van der Waals surface area (Å²) in [5.74, 6) is -0.687. The highest BCUT2D eigenvalue weighted by Crippen LogP contribution is 2.36. The van der Waals surface area contributed by atoms with Crippen LogP contribution in [-0.2, 0) is 11.0 Å². The minimum Gasteiger partial charge on any atom is -0.324 e. The molecule has 1 aromatic carbocycles. The summed E-state index contributed by atoms with van der Waals surface area (Å²) in [6.45, 7) is 3.41. The highest BCUT2D eigenvalue weighted by molar-refractivity contribution is 9.10. The van der Waals surface area contributed by atoms with E-state index in [0.29, 0.717) is 0 Å². The second-order valence-corrected chi connectivity index (χ2v) is 4.72. The molecule has 0 heterocycles. The molecule has 7 heteroatoms. The standard InChI is InChI=1S/C12H12BrF3N2O/c1-2-3-9(17)11(19)18-10-5-4-7(13)6-8(10)12(14,15)16/h2,4-6,9H,1,3,17H2,(H,18,19). The van der Waals surface area contributed by atoms with Crippen LogP contribution in [0, 0.1) is 0 Å². The van der Waals surface area contributed by atoms with E-state index in [4.69, 9.17) is 5.73 Å². The fourth-order valence-electron chi connectivity index (χ4n) is 1.37. The molecule has 0 aliphatic heterocycles. The first-order chi connectivity index (χ1) is 8.75. The van der Waals surface area contributed by atoms with Crippen molar-refractivity contribution in [3.8, 4) is 0 Å². The second kappa shape index (κ2) is 6.21. The first-order valence-electron chi connectivity index (χ1n) is 5.29. The number of amides is 1. The number of carbonyl (C=O) groups excluding carboxylic acids is 1. The molecule has 0 aliphatic carbocycles. The summed E-state index contributed by atoms with van der Waals surface area (Å²) in [6, 6.07) is 2.55. The Kier molecular flexibility index (Phi) is 5.13. The van der Waals surface area contributed by atoms with Crippen LogP contribution < -0.4 is 11.1 Å². The molecule has 1 atom stereocenters. The molecule has 1 aromatic rings. The monoisotopic (exact) mass is 336 g/mol. The maximum Gasteiger partial charge on any atom is 0.418 e. The van der Waals surface area contributed by atoms with E-state index >= 15 is 0 Å². The first kappa shape index (κ1) is 15.7. The van der Waals surface area contributed by atoms with Gasteiger partial charge in [0, 0.05) is 4.47 Å². The molecule has 3 N–H and O–H groups in total. The molecule has 19 heavy (non-hydrogen) atoms. The molecule has 0 fully saturated rings. The smallest absolute Gasteiger partial charge is 0.324 e. The summed E-state index contributed by atoms with van der Waals surface area (Å²) in [6.07, 6.45) is -2.95. The number of hydrogen-bond donors (Lipinski definition) is 2. The van der Waals surface area contributed by atoms with E-state index < -0.39 is 23.7 Å². The van der Waals surface area contributed by atoms with E-state index in [1.54, 1.807) is 0 Å². The van der Waals surface area contributed by atoms with Gasteiger partial charge in [0.25, 0.3) is 0 Å². The van der Waals surface area contributed by atoms with Crippen molar-refractivity contribution >= 4 is 27.5 Å². The normalized spacial score (nSPS) is 12.9. The average Bonchev–Trinajstić information content (AvgIpc) is 2.30. The number of alkyl halides is 3. The maximum absolute atomic E-state index is 12.8. The van der Waals surface area contributed by atoms with Crippen molar-refractivity contribution in [3.63, 3.8) is 0 Å². The van der Waals surface area contributed by atoms with Crippen molar-refractivity contribution in [2.75, 3.05) is 5.32 Å². The quantitative estimate of drug-likeness (QED) is 0.829. The van der Waals surface area contributed by atoms with Gasteiger partial charge in [-0.05, 0) is 24.6 Å². The van der Waals surface area contributed by atoms with Crippen molar-refractivity contribution in [1.29, 1.82) is 0 Å². The molecule has 0 saturated carbocycles. The molecule has 1 amide bonds. The van der Waals surface area contributed by atoms with E-state index in [9.17, 15) is 18.0 Å². The minimum absolute atomic E-state index is 0.184. The second-order valence-electron chi connectivity index (χ2n) is 3.81. The van der Waals surface area contributed by atoms with Crippen LogP contribution in [-0.4, -0.2) is 11.9 Å². The van der Waals surface area contributed by atoms with Gasteiger partial charge < -0.3 is 11.1 Å². The summed E-state index contributed by atoms with van der Waals surface area (Å²) >= 11 is 2.96. The number of halogens is 4. The average molecular weight is 337 g/mol. The number of carbonyl (C=O) groups is 1. The Morgan fingerprint density at radius 2 is 2.16 bits per heavy atom. The van der Waals surface area contributed by atoms with Crippen LogP contribution in [0.4, 0.5) is 18.9 Å². The Morgan fingerprint density at radius 3 is 2.68 bits per heavy atom. The molecule has 3 nitrogen and oxygen atoms in total. The lowest BCUT2D eigenvalue weighted by Crippen LogP contribution is -2.35. The molecule has 0 spiro atoms. The molecule has 0 saturated heterocycles. The predicted molar refractivity (Wildman–Crippen MR) is 70.6 cm³/mol. The molecule has 1 rings (SSSR count). The molecule has 0 bridgehead atoms. The Morgan fingerprint density at radius 1 is 1.53 bits per heavy atom. The lowest BCUT2D eigenvalue weighted by molar-refractivity contribution is -0.137. The van der Waals surface area contributed by atoms with Gasteiger partial charge in [-0.1, -0.05) is 22.0 Å². The van der Waals surface area contributed by atoms with Crippen LogP contribution in [0.15, 0.2) is 35.3 Å². The fraction of sp³-hybridized carbons (Fsp3) is 0.250. The van der Waals surface area contributed by atoms with Gasteiger partial charge in [-0.3, -0.25) is 4.79 Å². The lowest BCUT2D eigenvalue weighted by atomic mass is 10.1. The third kappa shape index (κ3) is 4.36. The van der Waals surface area contributed by atoms with E-state index in [1.165, 1.54) is 18.2 Å². The van der Waals surface area contributed by atoms with Crippen molar-refractivity contribution in [3.05, 3.63) is 40.9 Å². The van der Waals surface area contributed by atoms with E-state index in [-0.39, 0.29) is 16.6 Å². The van der Waals surface area contributed by atoms with Gasteiger partial charge >= 0.3 is 6.18 Å². The topological polar surface area (TPSA) is 55.1 Å². The maximum atomic E-state index is 12.8. The molecule has 1 unspecified atom stereocenters. The van der Waals surface area contributed by atoms with Crippen molar-refractivity contribution in [2.24, 2.45) is 5.73 Å². The minimum atomic E-state index is -4.56. The number of hydrogen-bond acceptors (Lipinski definition) is 2. The number of nitrogens with one attached hydrogen (secondary N) is 1. The highest BCUT2D eigenvalue weighted by atomic mass is 79.9. The van der Waals surface area contributed by atoms with E-state index in [0.717, 1.165) is 6.07 Å². The molecule has 0 radical (unpaired) electrons. The summed E-state index contributed by atoms with van der Waals surface area (Å²) in [5.41, 5.74) is 4.24. The van der Waals surface area contributed by atoms with Crippen molar-refractivity contribution < 1.29 is 18.0 Å². The Labute approximate surface area is 116 Å². The van der Waals surface area contributed by atoms with Crippen LogP contribution in [0.1, 0.15) is 12.0 Å². The fourth-order valence-corrected chi connectivity index (χ4v) is 1.73. The third-order valence-corrected chi connectivity index (χ3v) is 2.80. The molecular formula is C12H12BrF3N2O. The largest absolute Gasteiger partial charge is 0.418 e. The first-order valence-corrected chi connectivity index (χ1v) is 6.09. The molecule has 104 valence electrons. The summed E-state index contributed by atoms with van der Waals surface area (Å²) in [5, 5.41) is 2.18. The van der Waals surface area contributed by atoms with Crippen LogP contribution in [0.25, 0.3) is 0 Å². The van der Waals surface area contributed by atoms with Crippen molar-refractivity contribution in [2.45, 2.75) is 18.6 Å². The zero-order valence-corrected chi connectivity index (χ0v) is 11.4. The van der Waals surface area contributed by atoms with Crippen LogP contribution >= 0.6 is 15.9 Å². The predicted octanol–water partition coefficient (Wildman–Crippen LogP) is 3.31. The number of benzene rings is 1. The van der Waals surface area contributed by atoms with E-state index in [2.05, 4.69) is 27.8 Å². The van der Waals surface area contributed by atoms with Crippen LogP contribution in [0.5, 0.6) is 0 Å². The molecular weight excluding hydrogens is 325 g/mol. The van der Waals surface area contributed by atoms with Gasteiger partial charge in [-0.25, -0.2) is 0 Å². The lowest BCUT2D eigenvalue weighted by Gasteiger charge is -2.16.